The Hall–Kier alpha value is -13.7. The molecule has 20 aromatic rings. The molecule has 0 amide bonds. The van der Waals surface area contributed by atoms with Crippen molar-refractivity contribution < 1.29 is 39.2 Å². The van der Waals surface area contributed by atoms with Crippen molar-refractivity contribution in [1.82, 2.24) is 9.97 Å². The van der Waals surface area contributed by atoms with Gasteiger partial charge < -0.3 is 28.6 Å². The minimum absolute atomic E-state index is 0. The monoisotopic (exact) mass is 2140 g/mol. The van der Waals surface area contributed by atoms with E-state index in [4.69, 9.17) is 18.8 Å². The van der Waals surface area contributed by atoms with E-state index in [1.807, 2.05) is 91.1 Å². The van der Waals surface area contributed by atoms with Crippen LogP contribution in [0.4, 0.5) is 34.1 Å². The molecular formula is C132H120BBrN4O4P4Pd. The molecule has 1 saturated heterocycles. The summed E-state index contributed by atoms with van der Waals surface area (Å²) in [6.07, 6.45) is 3.55. The Morgan fingerprint density at radius 1 is 0.245 bits per heavy atom. The van der Waals surface area contributed by atoms with Gasteiger partial charge in [0.1, 0.15) is 4.60 Å². The molecule has 3 aliphatic rings. The van der Waals surface area contributed by atoms with Crippen LogP contribution in [-0.2, 0) is 40.6 Å². The molecule has 5 heterocycles. The summed E-state index contributed by atoms with van der Waals surface area (Å²) in [5.41, 5.74) is 11.0. The first-order valence-electron chi connectivity index (χ1n) is 49.5. The molecular weight excluding hydrogens is 2030 g/mol. The Labute approximate surface area is 897 Å². The van der Waals surface area contributed by atoms with E-state index in [0.29, 0.717) is 0 Å². The second-order valence-corrected chi connectivity index (χ2v) is 47.8. The number of pyridine rings is 2. The van der Waals surface area contributed by atoms with Crippen molar-refractivity contribution in [1.29, 1.82) is 0 Å². The van der Waals surface area contributed by atoms with Crippen LogP contribution >= 0.6 is 47.6 Å². The Morgan fingerprint density at radius 2 is 0.483 bits per heavy atom. The van der Waals surface area contributed by atoms with Gasteiger partial charge in [-0.2, -0.15) is 0 Å². The van der Waals surface area contributed by atoms with Crippen molar-refractivity contribution in [3.63, 3.8) is 0 Å². The van der Waals surface area contributed by atoms with Crippen LogP contribution in [0, 0.1) is 0 Å². The standard InChI is InChI=1S/C28H32BNO3.C27H24N2O.4C18H15P.C5H4BrN.Pd/c1-26(2,3)19-15-17-20(18-16-19)30-22-12-8-9-14-24(22)31-25-21(11-10-13-23(25)30)29-32-27(4,5)28(6,7)33-29;1-27(2,3)19-14-16-20(17-15-19)29-23-11-4-5-13-25(23)30-26-21(9-8-12-24(26)29)22-10-6-7-18-28-22;4*1-4-10-16(11-5-1)19(17-12-6-2-7-13-17)18-14-8-3-9-15-18;6-5-3-1-2-4-7-5;/h8-18H,1-7H3;4-18H,1-3H3;4*1-15H;1-4H;. The van der Waals surface area contributed by atoms with Gasteiger partial charge in [0.05, 0.1) is 39.6 Å². The number of aromatic nitrogens is 2. The molecule has 0 spiro atoms. The fourth-order valence-electron chi connectivity index (χ4n) is 17.3. The molecule has 3 aliphatic heterocycles. The van der Waals surface area contributed by atoms with E-state index < -0.39 is 50.0 Å². The molecule has 0 bridgehead atoms. The van der Waals surface area contributed by atoms with Crippen LogP contribution in [0.3, 0.4) is 0 Å². The van der Waals surface area contributed by atoms with Crippen LogP contribution in [0.1, 0.15) is 80.4 Å². The number of ether oxygens (including phenoxy) is 2. The number of anilines is 6. The van der Waals surface area contributed by atoms with E-state index in [0.717, 1.165) is 78.4 Å². The average molecular weight is 2150 g/mol. The summed E-state index contributed by atoms with van der Waals surface area (Å²) in [5.74, 6) is 3.26. The largest absolute Gasteiger partial charge is 0.498 e. The minimum atomic E-state index is -0.500. The van der Waals surface area contributed by atoms with E-state index in [9.17, 15) is 0 Å². The van der Waals surface area contributed by atoms with Crippen LogP contribution in [-0.4, -0.2) is 28.3 Å². The molecule has 147 heavy (non-hydrogen) atoms. The van der Waals surface area contributed by atoms with Gasteiger partial charge >= 0.3 is 7.12 Å². The summed E-state index contributed by atoms with van der Waals surface area (Å²) >= 11 is 3.20. The Balaban J connectivity index is 0.000000126. The van der Waals surface area contributed by atoms with E-state index in [-0.39, 0.29) is 31.3 Å². The predicted octanol–water partition coefficient (Wildman–Crippen LogP) is 30.1. The molecule has 0 N–H and O–H groups in total. The molecule has 0 unspecified atom stereocenters. The zero-order chi connectivity index (χ0) is 101. The maximum Gasteiger partial charge on any atom is 0.498 e. The smallest absolute Gasteiger partial charge is 0.453 e. The molecule has 0 saturated carbocycles. The van der Waals surface area contributed by atoms with Gasteiger partial charge in [0, 0.05) is 55.2 Å². The molecule has 732 valence electrons. The Kier molecular flexibility index (Phi) is 36.9. The normalized spacial score (nSPS) is 12.6. The first-order chi connectivity index (χ1) is 71.2. The maximum atomic E-state index is 6.49. The third-order valence-corrected chi connectivity index (χ3v) is 35.6. The second-order valence-electron chi connectivity index (χ2n) is 38.1. The zero-order valence-corrected chi connectivity index (χ0v) is 91.2. The number of para-hydroxylation sites is 6. The topological polar surface area (TPSA) is 69.2 Å². The fourth-order valence-corrected chi connectivity index (χ4v) is 26.8. The second kappa shape index (κ2) is 51.1. The number of hydrogen-bond donors (Lipinski definition) is 0. The predicted molar refractivity (Wildman–Crippen MR) is 631 cm³/mol. The van der Waals surface area contributed by atoms with Gasteiger partial charge in [-0.25, -0.2) is 4.98 Å². The van der Waals surface area contributed by atoms with Gasteiger partial charge in [-0.1, -0.05) is 484 Å². The number of halogens is 1. The van der Waals surface area contributed by atoms with Crippen molar-refractivity contribution in [3.05, 3.63) is 562 Å². The summed E-state index contributed by atoms with van der Waals surface area (Å²) in [6.45, 7) is 21.7. The number of rotatable bonds is 16. The summed E-state index contributed by atoms with van der Waals surface area (Å²) < 4.78 is 26.5. The van der Waals surface area contributed by atoms with Gasteiger partial charge in [-0.05, 0) is 252 Å². The number of fused-ring (bicyclic) bond motifs is 4. The zero-order valence-electron chi connectivity index (χ0n) is 84.4. The van der Waals surface area contributed by atoms with Crippen LogP contribution < -0.4 is 88.4 Å². The van der Waals surface area contributed by atoms with Crippen molar-refractivity contribution in [2.75, 3.05) is 9.80 Å². The molecule has 8 nitrogen and oxygen atoms in total. The molecule has 23 rings (SSSR count). The van der Waals surface area contributed by atoms with Gasteiger partial charge in [0.15, 0.2) is 23.0 Å². The molecule has 0 atom stereocenters. The van der Waals surface area contributed by atoms with E-state index in [1.54, 1.807) is 6.20 Å². The fraction of sp³-hybridized carbons (Fsp3) is 0.106. The van der Waals surface area contributed by atoms with Crippen LogP contribution in [0.15, 0.2) is 551 Å². The summed E-state index contributed by atoms with van der Waals surface area (Å²) in [4.78, 5) is 13.0. The number of nitrogens with zero attached hydrogens (tertiary/aromatic N) is 4. The van der Waals surface area contributed by atoms with Gasteiger partial charge in [-0.15, -0.1) is 0 Å². The molecule has 1 fully saturated rings. The Morgan fingerprint density at radius 3 is 0.735 bits per heavy atom. The van der Waals surface area contributed by atoms with Crippen molar-refractivity contribution in [2.24, 2.45) is 0 Å². The summed E-state index contributed by atoms with van der Waals surface area (Å²) in [6, 6.07) is 187. The van der Waals surface area contributed by atoms with Gasteiger partial charge in [-0.3, -0.25) is 4.98 Å². The van der Waals surface area contributed by atoms with E-state index >= 15 is 0 Å². The Bertz CT molecular complexity index is 6570. The van der Waals surface area contributed by atoms with E-state index in [1.165, 1.54) is 74.8 Å². The molecule has 18 aromatic carbocycles. The van der Waals surface area contributed by atoms with Crippen LogP contribution in [0.2, 0.25) is 0 Å². The third-order valence-electron chi connectivity index (χ3n) is 25.4. The summed E-state index contributed by atoms with van der Waals surface area (Å²) in [7, 11) is -2.28. The molecule has 2 aromatic heterocycles. The first kappa shape index (κ1) is 106. The quantitative estimate of drug-likeness (QED) is 0.0538. The number of benzene rings is 18. The van der Waals surface area contributed by atoms with Crippen LogP contribution in [0.5, 0.6) is 23.0 Å². The van der Waals surface area contributed by atoms with E-state index in [2.05, 4.69) is 554 Å². The molecule has 0 aliphatic carbocycles. The maximum absolute atomic E-state index is 6.49. The van der Waals surface area contributed by atoms with Crippen molar-refractivity contribution in [2.45, 2.75) is 91.3 Å². The van der Waals surface area contributed by atoms with Gasteiger partial charge in [0.2, 0.25) is 0 Å². The van der Waals surface area contributed by atoms with Gasteiger partial charge in [0.25, 0.3) is 0 Å². The molecule has 15 heteroatoms. The SMILES string of the molecule is Brc1ccccn1.CC(C)(C)c1ccc(N2c3ccccc3Oc3c(-c4ccccn4)cccc32)cc1.CC(C)(C)c1ccc(N2c3ccccc3Oc3c(B4OC(C)(C)C(C)(C)O4)cccc32)cc1.[Pd].c1ccc(P(c2ccccc2)c2ccccc2)cc1.c1ccc(P(c2ccccc2)c2ccccc2)cc1.c1ccc(P(c2ccccc2)c2ccccc2)cc1.c1ccc(P(c2ccccc2)c2ccccc2)cc1. The first-order valence-corrected chi connectivity index (χ1v) is 55.6. The third kappa shape index (κ3) is 27.2. The van der Waals surface area contributed by atoms with Crippen molar-refractivity contribution in [3.8, 4) is 34.3 Å². The van der Waals surface area contributed by atoms with Crippen LogP contribution in [0.25, 0.3) is 11.3 Å². The minimum Gasteiger partial charge on any atom is -0.453 e. The molecule has 0 radical (unpaired) electrons. The average Bonchev–Trinajstić information content (AvgIpc) is 1.66. The number of hydrogen-bond acceptors (Lipinski definition) is 8. The summed E-state index contributed by atoms with van der Waals surface area (Å²) in [5, 5.41) is 16.8. The van der Waals surface area contributed by atoms with Crippen molar-refractivity contribution >= 4 is 158 Å².